The van der Waals surface area contributed by atoms with Crippen molar-refractivity contribution in [3.8, 4) is 33.6 Å². The maximum absolute atomic E-state index is 2.41. The fourth-order valence-corrected chi connectivity index (χ4v) is 6.99. The van der Waals surface area contributed by atoms with E-state index >= 15 is 0 Å². The van der Waals surface area contributed by atoms with Crippen LogP contribution in [0, 0.1) is 6.92 Å². The van der Waals surface area contributed by atoms with Gasteiger partial charge >= 0.3 is 0 Å². The molecule has 0 atom stereocenters. The van der Waals surface area contributed by atoms with Crippen molar-refractivity contribution in [3.63, 3.8) is 0 Å². The van der Waals surface area contributed by atoms with Crippen LogP contribution in [0.2, 0.25) is 0 Å². The van der Waals surface area contributed by atoms with Crippen LogP contribution in [0.5, 0.6) is 0 Å². The average molecular weight is 575 g/mol. The zero-order valence-electron chi connectivity index (χ0n) is 25.0. The summed E-state index contributed by atoms with van der Waals surface area (Å²) in [6.07, 6.45) is 0. The predicted octanol–water partition coefficient (Wildman–Crippen LogP) is 11.5. The van der Waals surface area contributed by atoms with Crippen molar-refractivity contribution in [2.24, 2.45) is 0 Å². The minimum absolute atomic E-state index is 1.17. The van der Waals surface area contributed by atoms with Crippen LogP contribution in [0.1, 0.15) is 5.56 Å². The van der Waals surface area contributed by atoms with E-state index < -0.39 is 0 Å². The monoisotopic (exact) mass is 574 g/mol. The maximum Gasteiger partial charge on any atom is 0.0547 e. The number of hydrogen-bond acceptors (Lipinski definition) is 0. The first kappa shape index (κ1) is 25.6. The van der Waals surface area contributed by atoms with E-state index in [0.717, 1.165) is 0 Å². The van der Waals surface area contributed by atoms with Crippen molar-refractivity contribution in [2.75, 3.05) is 0 Å². The second kappa shape index (κ2) is 10.1. The number of fused-ring (bicyclic) bond motifs is 6. The van der Waals surface area contributed by atoms with Crippen molar-refractivity contribution in [1.29, 1.82) is 0 Å². The van der Waals surface area contributed by atoms with Gasteiger partial charge < -0.3 is 9.13 Å². The first-order chi connectivity index (χ1) is 22.2. The number of benzene rings is 7. The zero-order chi connectivity index (χ0) is 29.9. The van der Waals surface area contributed by atoms with Gasteiger partial charge in [0, 0.05) is 32.9 Å². The van der Waals surface area contributed by atoms with E-state index in [1.54, 1.807) is 0 Å². The molecule has 0 saturated carbocycles. The zero-order valence-corrected chi connectivity index (χ0v) is 25.0. The van der Waals surface area contributed by atoms with Crippen molar-refractivity contribution in [1.82, 2.24) is 9.13 Å². The van der Waals surface area contributed by atoms with E-state index in [9.17, 15) is 0 Å². The van der Waals surface area contributed by atoms with E-state index in [0.29, 0.717) is 0 Å². The minimum Gasteiger partial charge on any atom is -0.309 e. The van der Waals surface area contributed by atoms with Gasteiger partial charge in [-0.05, 0) is 89.8 Å². The summed E-state index contributed by atoms with van der Waals surface area (Å²) in [5.74, 6) is 0. The summed E-state index contributed by atoms with van der Waals surface area (Å²) in [5.41, 5.74) is 13.4. The Hall–Kier alpha value is -5.86. The van der Waals surface area contributed by atoms with Gasteiger partial charge in [-0.3, -0.25) is 0 Å². The molecule has 2 heterocycles. The smallest absolute Gasteiger partial charge is 0.0547 e. The van der Waals surface area contributed by atoms with E-state index in [1.807, 2.05) is 0 Å². The minimum atomic E-state index is 1.17. The van der Waals surface area contributed by atoms with Crippen LogP contribution in [0.25, 0.3) is 77.2 Å². The molecular weight excluding hydrogens is 544 g/mol. The molecular formula is C43H30N2. The Labute approximate surface area is 262 Å². The fourth-order valence-electron chi connectivity index (χ4n) is 6.99. The molecule has 212 valence electrons. The van der Waals surface area contributed by atoms with Crippen LogP contribution in [0.4, 0.5) is 0 Å². The van der Waals surface area contributed by atoms with Crippen molar-refractivity contribution >= 4 is 43.6 Å². The summed E-state index contributed by atoms with van der Waals surface area (Å²) in [4.78, 5) is 0. The molecule has 0 saturated heterocycles. The molecule has 0 fully saturated rings. The van der Waals surface area contributed by atoms with Crippen LogP contribution in [-0.4, -0.2) is 9.13 Å². The number of nitrogens with zero attached hydrogens (tertiary/aromatic N) is 2. The van der Waals surface area contributed by atoms with Gasteiger partial charge in [-0.25, -0.2) is 0 Å². The Kier molecular flexibility index (Phi) is 5.76. The van der Waals surface area contributed by atoms with Crippen LogP contribution < -0.4 is 0 Å². The van der Waals surface area contributed by atoms with Gasteiger partial charge in [0.15, 0.2) is 0 Å². The summed E-state index contributed by atoms with van der Waals surface area (Å²) in [6, 6.07) is 59.7. The van der Waals surface area contributed by atoms with Gasteiger partial charge in [0.05, 0.1) is 22.1 Å². The average Bonchev–Trinajstić information content (AvgIpc) is 3.61. The lowest BCUT2D eigenvalue weighted by atomic mass is 9.99. The van der Waals surface area contributed by atoms with Crippen LogP contribution in [0.3, 0.4) is 0 Å². The fraction of sp³-hybridized carbons (Fsp3) is 0.0233. The third-order valence-electron chi connectivity index (χ3n) is 9.19. The van der Waals surface area contributed by atoms with Crippen molar-refractivity contribution in [2.45, 2.75) is 6.92 Å². The lowest BCUT2D eigenvalue weighted by Gasteiger charge is -2.10. The first-order valence-corrected chi connectivity index (χ1v) is 15.5. The summed E-state index contributed by atoms with van der Waals surface area (Å²) in [7, 11) is 0. The molecule has 2 aromatic heterocycles. The third-order valence-corrected chi connectivity index (χ3v) is 9.19. The highest BCUT2D eigenvalue weighted by atomic mass is 15.0. The van der Waals surface area contributed by atoms with Gasteiger partial charge in [0.2, 0.25) is 0 Å². The number of aryl methyl sites for hydroxylation is 1. The quantitative estimate of drug-likeness (QED) is 0.198. The molecule has 0 radical (unpaired) electrons. The molecule has 0 unspecified atom stereocenters. The van der Waals surface area contributed by atoms with Gasteiger partial charge in [0.25, 0.3) is 0 Å². The Morgan fingerprint density at radius 2 is 0.756 bits per heavy atom. The maximum atomic E-state index is 2.41. The normalized spacial score (nSPS) is 11.7. The highest BCUT2D eigenvalue weighted by molar-refractivity contribution is 6.13. The van der Waals surface area contributed by atoms with Gasteiger partial charge in [-0.2, -0.15) is 0 Å². The van der Waals surface area contributed by atoms with Gasteiger partial charge in [0.1, 0.15) is 0 Å². The Morgan fingerprint density at radius 3 is 1.38 bits per heavy atom. The second-order valence-corrected chi connectivity index (χ2v) is 11.9. The molecule has 9 aromatic rings. The molecule has 45 heavy (non-hydrogen) atoms. The summed E-state index contributed by atoms with van der Waals surface area (Å²) in [6.45, 7) is 2.14. The lowest BCUT2D eigenvalue weighted by Crippen LogP contribution is -1.93. The third kappa shape index (κ3) is 4.11. The standard InChI is InChI=1S/C43H30N2/c1-29-16-18-30(19-17-29)33-20-23-37-39-27-32(22-25-42(39)45(43(37)28-33)35-12-6-3-7-13-35)31-21-24-41-38(26-31)36-14-8-9-15-40(36)44(41)34-10-4-2-5-11-34/h2-28H,1H3. The topological polar surface area (TPSA) is 9.86 Å². The Bertz CT molecular complexity index is 2510. The number of aromatic nitrogens is 2. The highest BCUT2D eigenvalue weighted by Crippen LogP contribution is 2.39. The largest absolute Gasteiger partial charge is 0.309 e. The lowest BCUT2D eigenvalue weighted by molar-refractivity contribution is 1.18. The van der Waals surface area contributed by atoms with Crippen molar-refractivity contribution < 1.29 is 0 Å². The van der Waals surface area contributed by atoms with E-state index in [1.165, 1.54) is 82.8 Å². The molecule has 0 aliphatic rings. The van der Waals surface area contributed by atoms with Crippen molar-refractivity contribution in [3.05, 3.63) is 169 Å². The molecule has 0 amide bonds. The summed E-state index contributed by atoms with van der Waals surface area (Å²) in [5, 5.41) is 5.05. The van der Waals surface area contributed by atoms with Crippen LogP contribution in [-0.2, 0) is 0 Å². The summed E-state index contributed by atoms with van der Waals surface area (Å²) >= 11 is 0. The van der Waals surface area contributed by atoms with E-state index in [4.69, 9.17) is 0 Å². The predicted molar refractivity (Wildman–Crippen MR) is 191 cm³/mol. The molecule has 0 bridgehead atoms. The molecule has 0 aliphatic carbocycles. The molecule has 0 spiro atoms. The molecule has 7 aromatic carbocycles. The Morgan fingerprint density at radius 1 is 0.311 bits per heavy atom. The van der Waals surface area contributed by atoms with Gasteiger partial charge in [-0.1, -0.05) is 109 Å². The van der Waals surface area contributed by atoms with E-state index in [-0.39, 0.29) is 0 Å². The SMILES string of the molecule is Cc1ccc(-c2ccc3c4cc(-c5ccc6c(c5)c5ccccc5n6-c5ccccc5)ccc4n(-c4ccccc4)c3c2)cc1. The molecule has 0 aliphatic heterocycles. The summed E-state index contributed by atoms with van der Waals surface area (Å²) < 4.78 is 4.78. The Balaban J connectivity index is 1.25. The van der Waals surface area contributed by atoms with Gasteiger partial charge in [-0.15, -0.1) is 0 Å². The second-order valence-electron chi connectivity index (χ2n) is 11.9. The van der Waals surface area contributed by atoms with E-state index in [2.05, 4.69) is 180 Å². The number of rotatable bonds is 4. The number of hydrogen-bond donors (Lipinski definition) is 0. The van der Waals surface area contributed by atoms with Crippen LogP contribution in [0.15, 0.2) is 164 Å². The number of para-hydroxylation sites is 3. The molecule has 9 rings (SSSR count). The molecule has 2 heteroatoms. The highest BCUT2D eigenvalue weighted by Gasteiger charge is 2.16. The van der Waals surface area contributed by atoms with Crippen LogP contribution >= 0.6 is 0 Å². The first-order valence-electron chi connectivity index (χ1n) is 15.5. The molecule has 0 N–H and O–H groups in total. The molecule has 2 nitrogen and oxygen atoms in total.